The van der Waals surface area contributed by atoms with E-state index in [1.54, 1.807) is 0 Å². The second-order valence-corrected chi connectivity index (χ2v) is 7.80. The summed E-state index contributed by atoms with van der Waals surface area (Å²) in [7, 11) is 0. The highest BCUT2D eigenvalue weighted by Crippen LogP contribution is 2.44. The molecule has 0 bridgehead atoms. The van der Waals surface area contributed by atoms with Crippen molar-refractivity contribution in [1.82, 2.24) is 0 Å². The number of furan rings is 1. The predicted molar refractivity (Wildman–Crippen MR) is 130 cm³/mol. The number of aryl methyl sites for hydroxylation is 1. The lowest BCUT2D eigenvalue weighted by Crippen LogP contribution is -2.03. The van der Waals surface area contributed by atoms with E-state index in [4.69, 9.17) is 4.42 Å². The van der Waals surface area contributed by atoms with Gasteiger partial charge in [-0.1, -0.05) is 121 Å². The summed E-state index contributed by atoms with van der Waals surface area (Å²) in [5.74, 6) is 1.24. The molecule has 5 rings (SSSR count). The fourth-order valence-electron chi connectivity index (χ4n) is 3.96. The summed E-state index contributed by atoms with van der Waals surface area (Å²) in [6, 6.07) is 37.5. The van der Waals surface area contributed by atoms with E-state index in [0.717, 1.165) is 22.3 Å². The van der Waals surface area contributed by atoms with Crippen LogP contribution in [0.5, 0.6) is 0 Å². The van der Waals surface area contributed by atoms with Crippen LogP contribution in [0.15, 0.2) is 120 Å². The third kappa shape index (κ3) is 3.67. The van der Waals surface area contributed by atoms with E-state index >= 15 is 0 Å². The first-order chi connectivity index (χ1) is 15.7. The Bertz CT molecular complexity index is 1350. The van der Waals surface area contributed by atoms with Gasteiger partial charge >= 0.3 is 0 Å². The molecule has 0 saturated carbocycles. The molecule has 5 aromatic rings. The molecule has 2 heteroatoms. The first-order valence-corrected chi connectivity index (χ1v) is 10.7. The molecule has 0 unspecified atom stereocenters. The SMILES string of the molecule is Cc1ccc(-c2oc(-c3ccccc3)c(C(=O)c3ccccc3)c2-c2ccccc2)cc1. The fraction of sp³-hybridized carbons (Fsp3) is 0.0333. The third-order valence-corrected chi connectivity index (χ3v) is 5.58. The van der Waals surface area contributed by atoms with Gasteiger partial charge < -0.3 is 4.42 Å². The van der Waals surface area contributed by atoms with Crippen LogP contribution >= 0.6 is 0 Å². The number of ketones is 1. The molecule has 0 aliphatic rings. The number of carbonyl (C=O) groups excluding carboxylic acids is 1. The van der Waals surface area contributed by atoms with Gasteiger partial charge in [0.1, 0.15) is 11.5 Å². The smallest absolute Gasteiger partial charge is 0.197 e. The highest BCUT2D eigenvalue weighted by molar-refractivity contribution is 6.18. The van der Waals surface area contributed by atoms with E-state index in [1.807, 2.05) is 103 Å². The minimum absolute atomic E-state index is 0.0505. The van der Waals surface area contributed by atoms with Gasteiger partial charge in [-0.3, -0.25) is 4.79 Å². The van der Waals surface area contributed by atoms with Crippen LogP contribution in [0.3, 0.4) is 0 Å². The van der Waals surface area contributed by atoms with Gasteiger partial charge in [0.2, 0.25) is 0 Å². The van der Waals surface area contributed by atoms with E-state index in [2.05, 4.69) is 19.1 Å². The largest absolute Gasteiger partial charge is 0.455 e. The molecule has 32 heavy (non-hydrogen) atoms. The van der Waals surface area contributed by atoms with Gasteiger partial charge in [-0.05, 0) is 12.5 Å². The number of benzene rings is 4. The van der Waals surface area contributed by atoms with Crippen LogP contribution in [0.1, 0.15) is 21.5 Å². The average Bonchev–Trinajstić information content (AvgIpc) is 3.26. The maximum absolute atomic E-state index is 13.9. The van der Waals surface area contributed by atoms with Crippen LogP contribution in [0.25, 0.3) is 33.8 Å². The van der Waals surface area contributed by atoms with Crippen LogP contribution < -0.4 is 0 Å². The third-order valence-electron chi connectivity index (χ3n) is 5.58. The second-order valence-electron chi connectivity index (χ2n) is 7.80. The zero-order valence-electron chi connectivity index (χ0n) is 17.8. The fourth-order valence-corrected chi connectivity index (χ4v) is 3.96. The highest BCUT2D eigenvalue weighted by atomic mass is 16.3. The quantitative estimate of drug-likeness (QED) is 0.274. The molecule has 1 heterocycles. The minimum atomic E-state index is -0.0505. The molecule has 0 radical (unpaired) electrons. The van der Waals surface area contributed by atoms with Gasteiger partial charge in [-0.15, -0.1) is 0 Å². The lowest BCUT2D eigenvalue weighted by atomic mass is 9.91. The Morgan fingerprint density at radius 3 is 1.66 bits per heavy atom. The van der Waals surface area contributed by atoms with E-state index in [1.165, 1.54) is 5.56 Å². The highest BCUT2D eigenvalue weighted by Gasteiger charge is 2.28. The lowest BCUT2D eigenvalue weighted by molar-refractivity contribution is 0.103. The Balaban J connectivity index is 1.85. The van der Waals surface area contributed by atoms with Gasteiger partial charge in [0, 0.05) is 22.3 Å². The van der Waals surface area contributed by atoms with E-state index in [-0.39, 0.29) is 5.78 Å². The molecule has 4 aromatic carbocycles. The van der Waals surface area contributed by atoms with Crippen LogP contribution in [0.2, 0.25) is 0 Å². The van der Waals surface area contributed by atoms with Crippen molar-refractivity contribution in [3.63, 3.8) is 0 Å². The first kappa shape index (κ1) is 19.8. The Hall–Kier alpha value is -4.17. The molecule has 0 amide bonds. The van der Waals surface area contributed by atoms with Gasteiger partial charge in [0.15, 0.2) is 5.78 Å². The summed E-state index contributed by atoms with van der Waals surface area (Å²) in [5.41, 5.74) is 5.99. The first-order valence-electron chi connectivity index (χ1n) is 10.7. The molecule has 0 fully saturated rings. The van der Waals surface area contributed by atoms with Crippen molar-refractivity contribution in [2.45, 2.75) is 6.92 Å². The minimum Gasteiger partial charge on any atom is -0.455 e. The maximum atomic E-state index is 13.9. The molecule has 0 N–H and O–H groups in total. The second kappa shape index (κ2) is 8.52. The van der Waals surface area contributed by atoms with Gasteiger partial charge in [-0.25, -0.2) is 0 Å². The predicted octanol–water partition coefficient (Wildman–Crippen LogP) is 7.82. The average molecular weight is 415 g/mol. The molecule has 0 spiro atoms. The Kier molecular flexibility index (Phi) is 5.27. The number of carbonyl (C=O) groups is 1. The number of hydrogen-bond donors (Lipinski definition) is 0. The van der Waals surface area contributed by atoms with Crippen LogP contribution in [-0.4, -0.2) is 5.78 Å². The van der Waals surface area contributed by atoms with E-state index in [0.29, 0.717) is 22.6 Å². The van der Waals surface area contributed by atoms with Crippen LogP contribution in [-0.2, 0) is 0 Å². The number of rotatable bonds is 5. The Labute approximate surface area is 187 Å². The standard InChI is InChI=1S/C30H22O2/c1-21-17-19-25(20-18-21)29-26(22-11-5-2-6-12-22)27(28(31)23-13-7-3-8-14-23)30(32-29)24-15-9-4-10-16-24/h2-20H,1H3. The van der Waals surface area contributed by atoms with Gasteiger partial charge in [-0.2, -0.15) is 0 Å². The summed E-state index contributed by atoms with van der Waals surface area (Å²) >= 11 is 0. The lowest BCUT2D eigenvalue weighted by Gasteiger charge is -2.08. The van der Waals surface area contributed by atoms with E-state index in [9.17, 15) is 4.79 Å². The van der Waals surface area contributed by atoms with Gasteiger partial charge in [0.25, 0.3) is 0 Å². The number of hydrogen-bond acceptors (Lipinski definition) is 2. The summed E-state index contributed by atoms with van der Waals surface area (Å²) in [4.78, 5) is 13.9. The van der Waals surface area contributed by atoms with Gasteiger partial charge in [0.05, 0.1) is 5.56 Å². The van der Waals surface area contributed by atoms with Crippen molar-refractivity contribution in [2.75, 3.05) is 0 Å². The summed E-state index contributed by atoms with van der Waals surface area (Å²) < 4.78 is 6.53. The topological polar surface area (TPSA) is 30.2 Å². The molecule has 154 valence electrons. The normalized spacial score (nSPS) is 10.8. The van der Waals surface area contributed by atoms with Crippen molar-refractivity contribution >= 4 is 5.78 Å². The molecule has 0 saturated heterocycles. The maximum Gasteiger partial charge on any atom is 0.197 e. The van der Waals surface area contributed by atoms with Crippen molar-refractivity contribution < 1.29 is 9.21 Å². The molecular formula is C30H22O2. The summed E-state index contributed by atoms with van der Waals surface area (Å²) in [6.45, 7) is 2.06. The van der Waals surface area contributed by atoms with Crippen molar-refractivity contribution in [3.05, 3.63) is 132 Å². The van der Waals surface area contributed by atoms with E-state index < -0.39 is 0 Å². The monoisotopic (exact) mass is 414 g/mol. The Morgan fingerprint density at radius 2 is 1.06 bits per heavy atom. The molecule has 0 aliphatic carbocycles. The molecular weight excluding hydrogens is 392 g/mol. The van der Waals surface area contributed by atoms with Crippen molar-refractivity contribution in [3.8, 4) is 33.8 Å². The zero-order chi connectivity index (χ0) is 21.9. The zero-order valence-corrected chi connectivity index (χ0v) is 17.8. The van der Waals surface area contributed by atoms with Crippen molar-refractivity contribution in [1.29, 1.82) is 0 Å². The molecule has 1 aromatic heterocycles. The Morgan fingerprint density at radius 1 is 0.562 bits per heavy atom. The summed E-state index contributed by atoms with van der Waals surface area (Å²) in [6.07, 6.45) is 0. The molecule has 2 nitrogen and oxygen atoms in total. The molecule has 0 atom stereocenters. The van der Waals surface area contributed by atoms with Crippen LogP contribution in [0, 0.1) is 6.92 Å². The molecule has 0 aliphatic heterocycles. The summed E-state index contributed by atoms with van der Waals surface area (Å²) in [5, 5.41) is 0. The van der Waals surface area contributed by atoms with Crippen molar-refractivity contribution in [2.24, 2.45) is 0 Å². The van der Waals surface area contributed by atoms with Crippen LogP contribution in [0.4, 0.5) is 0 Å².